The summed E-state index contributed by atoms with van der Waals surface area (Å²) in [6.45, 7) is 8.03. The number of nitrogens with one attached hydrogen (secondary N) is 2. The molecule has 0 spiro atoms. The molecule has 2 atom stereocenters. The first kappa shape index (κ1) is 28.4. The van der Waals surface area contributed by atoms with Gasteiger partial charge in [0.15, 0.2) is 0 Å². The fraction of sp³-hybridized carbons (Fsp3) is 0.630. The zero-order valence-electron chi connectivity index (χ0n) is 22.2. The lowest BCUT2D eigenvalue weighted by molar-refractivity contribution is -0.128. The van der Waals surface area contributed by atoms with Crippen LogP contribution in [-0.4, -0.2) is 84.3 Å². The minimum absolute atomic E-state index is 0.00980. The number of benzene rings is 1. The second kappa shape index (κ2) is 13.4. The topological polar surface area (TPSA) is 117 Å². The Morgan fingerprint density at radius 3 is 2.32 bits per heavy atom. The predicted molar refractivity (Wildman–Crippen MR) is 138 cm³/mol. The molecule has 2 heterocycles. The molecule has 2 fully saturated rings. The van der Waals surface area contributed by atoms with E-state index in [-0.39, 0.29) is 42.7 Å². The number of likely N-dealkylation sites (tertiary alicyclic amines) is 2. The zero-order chi connectivity index (χ0) is 26.8. The van der Waals surface area contributed by atoms with E-state index in [1.54, 1.807) is 30.3 Å². The average molecular weight is 517 g/mol. The van der Waals surface area contributed by atoms with Crippen LogP contribution >= 0.6 is 0 Å². The molecule has 1 aromatic rings. The lowest BCUT2D eigenvalue weighted by Gasteiger charge is -2.42. The van der Waals surface area contributed by atoms with Crippen molar-refractivity contribution in [1.29, 1.82) is 0 Å². The third-order valence-electron chi connectivity index (χ3n) is 6.51. The summed E-state index contributed by atoms with van der Waals surface area (Å²) >= 11 is 0. The average Bonchev–Trinajstić information content (AvgIpc) is 2.86. The highest BCUT2D eigenvalue weighted by Crippen LogP contribution is 2.24. The van der Waals surface area contributed by atoms with Gasteiger partial charge in [0.25, 0.3) is 0 Å². The molecule has 10 heteroatoms. The number of carbonyl (C=O) groups excluding carboxylic acids is 4. The number of rotatable bonds is 7. The van der Waals surface area contributed by atoms with Crippen molar-refractivity contribution in [3.63, 3.8) is 0 Å². The monoisotopic (exact) mass is 516 g/mol. The van der Waals surface area contributed by atoms with E-state index in [4.69, 9.17) is 9.47 Å². The summed E-state index contributed by atoms with van der Waals surface area (Å²) < 4.78 is 10.4. The summed E-state index contributed by atoms with van der Waals surface area (Å²) in [5, 5.41) is 5.37. The van der Waals surface area contributed by atoms with Crippen molar-refractivity contribution in [2.75, 3.05) is 32.7 Å². The van der Waals surface area contributed by atoms with Crippen LogP contribution in [0.4, 0.5) is 9.59 Å². The molecule has 2 saturated heterocycles. The van der Waals surface area contributed by atoms with Crippen molar-refractivity contribution >= 4 is 24.1 Å². The summed E-state index contributed by atoms with van der Waals surface area (Å²) in [5.41, 5.74) is -0.270. The molecular formula is C27H40N4O6. The summed E-state index contributed by atoms with van der Waals surface area (Å²) in [4.78, 5) is 53.6. The molecule has 1 aromatic carbocycles. The van der Waals surface area contributed by atoms with Gasteiger partial charge in [0, 0.05) is 32.2 Å². The minimum Gasteiger partial charge on any atom is -0.444 e. The number of amides is 3. The van der Waals surface area contributed by atoms with Gasteiger partial charge in [-0.3, -0.25) is 9.69 Å². The minimum atomic E-state index is -0.859. The molecule has 37 heavy (non-hydrogen) atoms. The highest BCUT2D eigenvalue weighted by Gasteiger charge is 2.35. The van der Waals surface area contributed by atoms with Gasteiger partial charge in [0.2, 0.25) is 5.91 Å². The van der Waals surface area contributed by atoms with Crippen LogP contribution in [0.2, 0.25) is 0 Å². The number of ether oxygens (including phenoxy) is 2. The summed E-state index contributed by atoms with van der Waals surface area (Å²) in [7, 11) is 0. The molecule has 3 rings (SSSR count). The van der Waals surface area contributed by atoms with Crippen molar-refractivity contribution in [3.05, 3.63) is 35.9 Å². The van der Waals surface area contributed by atoms with Crippen LogP contribution in [0.25, 0.3) is 0 Å². The molecule has 0 radical (unpaired) electrons. The Morgan fingerprint density at radius 1 is 0.919 bits per heavy atom. The molecule has 0 aliphatic carbocycles. The second-order valence-corrected chi connectivity index (χ2v) is 10.6. The molecule has 0 aromatic heterocycles. The van der Waals surface area contributed by atoms with E-state index in [0.717, 1.165) is 45.1 Å². The first-order valence-electron chi connectivity index (χ1n) is 13.2. The first-order valence-corrected chi connectivity index (χ1v) is 13.2. The number of nitrogens with zero attached hydrogens (tertiary/aromatic N) is 2. The van der Waals surface area contributed by atoms with Crippen molar-refractivity contribution in [2.45, 2.75) is 77.0 Å². The molecule has 3 amide bonds. The zero-order valence-corrected chi connectivity index (χ0v) is 22.2. The third-order valence-corrected chi connectivity index (χ3v) is 6.51. The lowest BCUT2D eigenvalue weighted by atomic mass is 9.97. The highest BCUT2D eigenvalue weighted by atomic mass is 16.6. The maximum Gasteiger partial charge on any atom is 0.415 e. The normalized spacial score (nSPS) is 20.6. The van der Waals surface area contributed by atoms with Crippen LogP contribution in [0.3, 0.4) is 0 Å². The van der Waals surface area contributed by atoms with Gasteiger partial charge in [-0.15, -0.1) is 0 Å². The molecule has 2 N–H and O–H groups in total. The van der Waals surface area contributed by atoms with Crippen LogP contribution in [0.1, 0.15) is 69.7 Å². The SMILES string of the molecule is CC(C)(C)OC(=O)N1CCCCC1CN1CCCCC1C(=O)NCCNC(=O)OC(=O)c1ccccc1. The van der Waals surface area contributed by atoms with Crippen molar-refractivity contribution in [3.8, 4) is 0 Å². The smallest absolute Gasteiger partial charge is 0.415 e. The molecule has 2 unspecified atom stereocenters. The van der Waals surface area contributed by atoms with Gasteiger partial charge < -0.3 is 25.0 Å². The summed E-state index contributed by atoms with van der Waals surface area (Å²) in [5.74, 6) is -0.835. The molecule has 0 bridgehead atoms. The predicted octanol–water partition coefficient (Wildman–Crippen LogP) is 3.31. The maximum absolute atomic E-state index is 13.0. The second-order valence-electron chi connectivity index (χ2n) is 10.6. The quantitative estimate of drug-likeness (QED) is 0.324. The van der Waals surface area contributed by atoms with Gasteiger partial charge in [-0.1, -0.05) is 24.6 Å². The Bertz CT molecular complexity index is 933. The van der Waals surface area contributed by atoms with E-state index in [2.05, 4.69) is 15.5 Å². The molecule has 0 saturated carbocycles. The fourth-order valence-corrected chi connectivity index (χ4v) is 4.75. The van der Waals surface area contributed by atoms with E-state index in [1.807, 2.05) is 25.7 Å². The van der Waals surface area contributed by atoms with Crippen molar-refractivity contribution in [1.82, 2.24) is 20.4 Å². The van der Waals surface area contributed by atoms with E-state index in [1.165, 1.54) is 0 Å². The van der Waals surface area contributed by atoms with Crippen molar-refractivity contribution in [2.24, 2.45) is 0 Å². The Balaban J connectivity index is 1.46. The van der Waals surface area contributed by atoms with Crippen LogP contribution in [0.15, 0.2) is 30.3 Å². The van der Waals surface area contributed by atoms with E-state index in [9.17, 15) is 19.2 Å². The Hall–Kier alpha value is -3.14. The lowest BCUT2D eigenvalue weighted by Crippen LogP contribution is -2.56. The summed E-state index contributed by atoms with van der Waals surface area (Å²) in [6.07, 6.45) is 4.44. The van der Waals surface area contributed by atoms with E-state index >= 15 is 0 Å². The van der Waals surface area contributed by atoms with Gasteiger partial charge in [-0.25, -0.2) is 14.4 Å². The first-order chi connectivity index (χ1) is 17.6. The molecule has 2 aliphatic rings. The van der Waals surface area contributed by atoms with Gasteiger partial charge in [-0.05, 0) is 71.6 Å². The number of hydrogen-bond donors (Lipinski definition) is 2. The summed E-state index contributed by atoms with van der Waals surface area (Å²) in [6, 6.07) is 7.97. The third kappa shape index (κ3) is 9.03. The fourth-order valence-electron chi connectivity index (χ4n) is 4.75. The molecule has 204 valence electrons. The number of esters is 1. The van der Waals surface area contributed by atoms with E-state index < -0.39 is 17.7 Å². The standard InChI is InChI=1S/C27H40N4O6/c1-27(2,3)37-26(35)31-18-10-7-13-21(31)19-30-17-9-8-14-22(30)23(32)28-15-16-29-25(34)36-24(33)20-11-5-4-6-12-20/h4-6,11-12,21-22H,7-10,13-19H2,1-3H3,(H,28,32)(H,29,34). The Morgan fingerprint density at radius 2 is 1.59 bits per heavy atom. The van der Waals surface area contributed by atoms with Crippen molar-refractivity contribution < 1.29 is 28.7 Å². The number of alkyl carbamates (subject to hydrolysis) is 1. The van der Waals surface area contributed by atoms with Gasteiger partial charge in [-0.2, -0.15) is 0 Å². The Kier molecular flexibility index (Phi) is 10.3. The van der Waals surface area contributed by atoms with Crippen LogP contribution < -0.4 is 10.6 Å². The van der Waals surface area contributed by atoms with Gasteiger partial charge >= 0.3 is 18.2 Å². The number of carbonyl (C=O) groups is 4. The highest BCUT2D eigenvalue weighted by molar-refractivity contribution is 5.96. The Labute approximate surface area is 219 Å². The number of piperidine rings is 2. The van der Waals surface area contributed by atoms with Gasteiger partial charge in [0.1, 0.15) is 5.60 Å². The van der Waals surface area contributed by atoms with Gasteiger partial charge in [0.05, 0.1) is 11.6 Å². The molecular weight excluding hydrogens is 476 g/mol. The number of hydrogen-bond acceptors (Lipinski definition) is 7. The van der Waals surface area contributed by atoms with Crippen LogP contribution in [0, 0.1) is 0 Å². The maximum atomic E-state index is 13.0. The van der Waals surface area contributed by atoms with E-state index in [0.29, 0.717) is 13.1 Å². The van der Waals surface area contributed by atoms with Crippen LogP contribution in [0.5, 0.6) is 0 Å². The molecule has 10 nitrogen and oxygen atoms in total. The largest absolute Gasteiger partial charge is 0.444 e. The van der Waals surface area contributed by atoms with Crippen LogP contribution in [-0.2, 0) is 14.3 Å². The molecule has 2 aliphatic heterocycles.